The molecule has 1 saturated heterocycles. The van der Waals surface area contributed by atoms with Crippen molar-refractivity contribution in [3.8, 4) is 17.2 Å². The summed E-state index contributed by atoms with van der Waals surface area (Å²) in [5.41, 5.74) is 2.46. The first-order valence-electron chi connectivity index (χ1n) is 7.76. The van der Waals surface area contributed by atoms with Gasteiger partial charge in [-0.1, -0.05) is 42.5 Å². The molecule has 1 aliphatic rings. The average molecular weight is 306 g/mol. The van der Waals surface area contributed by atoms with Gasteiger partial charge < -0.3 is 10.0 Å². The summed E-state index contributed by atoms with van der Waals surface area (Å²) >= 11 is 0. The Balaban J connectivity index is 2.07. The highest BCUT2D eigenvalue weighted by molar-refractivity contribution is 6.03. The maximum Gasteiger partial charge on any atom is 0.255 e. The number of aliphatic hydroxyl groups excluding tert-OH is 1. The molecule has 1 atom stereocenters. The zero-order chi connectivity index (χ0) is 16.2. The Morgan fingerprint density at radius 3 is 2.65 bits per heavy atom. The van der Waals surface area contributed by atoms with Gasteiger partial charge in [0.05, 0.1) is 23.3 Å². The molecule has 0 saturated carbocycles. The number of nitrogens with zero attached hydrogens (tertiary/aromatic N) is 2. The monoisotopic (exact) mass is 306 g/mol. The maximum absolute atomic E-state index is 13.0. The van der Waals surface area contributed by atoms with E-state index in [0.717, 1.165) is 24.0 Å². The van der Waals surface area contributed by atoms with Crippen molar-refractivity contribution in [2.75, 3.05) is 13.1 Å². The summed E-state index contributed by atoms with van der Waals surface area (Å²) < 4.78 is 0. The predicted octanol–water partition coefficient (Wildman–Crippen LogP) is 2.82. The zero-order valence-corrected chi connectivity index (χ0v) is 12.8. The molecular weight excluding hydrogens is 288 g/mol. The standard InChI is InChI=1S/C19H18N2O2/c20-12-15-8-4-10-17(14-6-2-1-3-7-14)18(15)19(23)21-11-5-9-16(22)13-21/h1-4,6-8,10,16,22H,5,9,11,13H2. The van der Waals surface area contributed by atoms with Crippen LogP contribution < -0.4 is 0 Å². The van der Waals surface area contributed by atoms with E-state index in [1.807, 2.05) is 36.4 Å². The van der Waals surface area contributed by atoms with E-state index >= 15 is 0 Å². The van der Waals surface area contributed by atoms with Crippen molar-refractivity contribution in [1.82, 2.24) is 4.90 Å². The van der Waals surface area contributed by atoms with Crippen molar-refractivity contribution in [2.45, 2.75) is 18.9 Å². The van der Waals surface area contributed by atoms with E-state index in [1.54, 1.807) is 17.0 Å². The molecule has 1 amide bonds. The number of piperidine rings is 1. The highest BCUT2D eigenvalue weighted by Crippen LogP contribution is 2.28. The van der Waals surface area contributed by atoms with Gasteiger partial charge in [0.15, 0.2) is 0 Å². The second-order valence-corrected chi connectivity index (χ2v) is 5.75. The summed E-state index contributed by atoms with van der Waals surface area (Å²) in [4.78, 5) is 14.6. The first-order chi connectivity index (χ1) is 11.2. The van der Waals surface area contributed by atoms with Crippen molar-refractivity contribution in [3.63, 3.8) is 0 Å². The molecule has 1 unspecified atom stereocenters. The van der Waals surface area contributed by atoms with E-state index in [2.05, 4.69) is 6.07 Å². The fourth-order valence-electron chi connectivity index (χ4n) is 3.03. The van der Waals surface area contributed by atoms with Crippen LogP contribution >= 0.6 is 0 Å². The van der Waals surface area contributed by atoms with Gasteiger partial charge >= 0.3 is 0 Å². The lowest BCUT2D eigenvalue weighted by atomic mass is 9.94. The van der Waals surface area contributed by atoms with Crippen molar-refractivity contribution >= 4 is 5.91 Å². The number of aliphatic hydroxyl groups is 1. The van der Waals surface area contributed by atoms with E-state index in [-0.39, 0.29) is 5.91 Å². The van der Waals surface area contributed by atoms with E-state index < -0.39 is 6.10 Å². The van der Waals surface area contributed by atoms with Crippen molar-refractivity contribution in [1.29, 1.82) is 5.26 Å². The molecule has 4 heteroatoms. The van der Waals surface area contributed by atoms with E-state index in [9.17, 15) is 15.2 Å². The fourth-order valence-corrected chi connectivity index (χ4v) is 3.03. The third-order valence-electron chi connectivity index (χ3n) is 4.17. The third kappa shape index (κ3) is 3.10. The molecule has 4 nitrogen and oxygen atoms in total. The minimum absolute atomic E-state index is 0.181. The molecule has 1 fully saturated rings. The minimum Gasteiger partial charge on any atom is -0.391 e. The molecule has 1 heterocycles. The van der Waals surface area contributed by atoms with Crippen LogP contribution in [0.1, 0.15) is 28.8 Å². The number of carbonyl (C=O) groups excluding carboxylic acids is 1. The van der Waals surface area contributed by atoms with Crippen LogP contribution in [0.5, 0.6) is 0 Å². The van der Waals surface area contributed by atoms with Crippen LogP contribution in [0, 0.1) is 11.3 Å². The van der Waals surface area contributed by atoms with Gasteiger partial charge in [-0.2, -0.15) is 5.26 Å². The quantitative estimate of drug-likeness (QED) is 0.928. The van der Waals surface area contributed by atoms with Gasteiger partial charge in [-0.3, -0.25) is 4.79 Å². The van der Waals surface area contributed by atoms with Gasteiger partial charge in [0.1, 0.15) is 0 Å². The van der Waals surface area contributed by atoms with Gasteiger partial charge in [-0.05, 0) is 30.0 Å². The number of likely N-dealkylation sites (tertiary alicyclic amines) is 1. The summed E-state index contributed by atoms with van der Waals surface area (Å²) in [6.07, 6.45) is 1.01. The Labute approximate surface area is 135 Å². The largest absolute Gasteiger partial charge is 0.391 e. The molecule has 3 rings (SSSR count). The first-order valence-corrected chi connectivity index (χ1v) is 7.76. The van der Waals surface area contributed by atoms with Gasteiger partial charge in [0, 0.05) is 13.1 Å². The van der Waals surface area contributed by atoms with Crippen molar-refractivity contribution in [2.24, 2.45) is 0 Å². The van der Waals surface area contributed by atoms with E-state index in [0.29, 0.717) is 24.2 Å². The summed E-state index contributed by atoms with van der Waals surface area (Å²) in [7, 11) is 0. The molecule has 0 radical (unpaired) electrons. The summed E-state index contributed by atoms with van der Waals surface area (Å²) in [6.45, 7) is 0.941. The molecule has 0 aromatic heterocycles. The molecule has 116 valence electrons. The second-order valence-electron chi connectivity index (χ2n) is 5.75. The van der Waals surface area contributed by atoms with Crippen LogP contribution in [-0.2, 0) is 0 Å². The Morgan fingerprint density at radius 2 is 1.96 bits per heavy atom. The highest BCUT2D eigenvalue weighted by atomic mass is 16.3. The van der Waals surface area contributed by atoms with Gasteiger partial charge in [0.2, 0.25) is 0 Å². The van der Waals surface area contributed by atoms with Gasteiger partial charge in [-0.15, -0.1) is 0 Å². The lowest BCUT2D eigenvalue weighted by molar-refractivity contribution is 0.0474. The van der Waals surface area contributed by atoms with Crippen LogP contribution in [-0.4, -0.2) is 35.1 Å². The number of rotatable bonds is 2. The molecule has 1 aliphatic heterocycles. The number of amides is 1. The molecule has 23 heavy (non-hydrogen) atoms. The van der Waals surface area contributed by atoms with E-state index in [1.165, 1.54) is 0 Å². The minimum atomic E-state index is -0.484. The fraction of sp³-hybridized carbons (Fsp3) is 0.263. The first kappa shape index (κ1) is 15.3. The summed E-state index contributed by atoms with van der Waals surface area (Å²) in [6, 6.07) is 17.0. The van der Waals surface area contributed by atoms with Crippen molar-refractivity contribution in [3.05, 3.63) is 59.7 Å². The number of β-amino-alcohol motifs (C(OH)–C–C–N with tert-alkyl or cyclic N) is 1. The molecule has 2 aromatic carbocycles. The normalized spacial score (nSPS) is 17.6. The lowest BCUT2D eigenvalue weighted by Gasteiger charge is -2.31. The smallest absolute Gasteiger partial charge is 0.255 e. The van der Waals surface area contributed by atoms with Crippen LogP contribution in [0.3, 0.4) is 0 Å². The van der Waals surface area contributed by atoms with E-state index in [4.69, 9.17) is 0 Å². The SMILES string of the molecule is N#Cc1cccc(-c2ccccc2)c1C(=O)N1CCCC(O)C1. The van der Waals surface area contributed by atoms with Gasteiger partial charge in [0.25, 0.3) is 5.91 Å². The summed E-state index contributed by atoms with van der Waals surface area (Å²) in [5.74, 6) is -0.181. The second kappa shape index (κ2) is 6.64. The maximum atomic E-state index is 13.0. The Kier molecular flexibility index (Phi) is 4.40. The molecule has 0 bridgehead atoms. The topological polar surface area (TPSA) is 64.3 Å². The third-order valence-corrected chi connectivity index (χ3v) is 4.17. The Hall–Kier alpha value is -2.64. The predicted molar refractivity (Wildman–Crippen MR) is 87.7 cm³/mol. The molecule has 0 aliphatic carbocycles. The Morgan fingerprint density at radius 1 is 1.17 bits per heavy atom. The molecule has 2 aromatic rings. The van der Waals surface area contributed by atoms with Crippen LogP contribution in [0.15, 0.2) is 48.5 Å². The average Bonchev–Trinajstić information content (AvgIpc) is 2.61. The molecule has 0 spiro atoms. The number of carbonyl (C=O) groups is 1. The number of hydrogen-bond donors (Lipinski definition) is 1. The van der Waals surface area contributed by atoms with Crippen LogP contribution in [0.25, 0.3) is 11.1 Å². The number of hydrogen-bond acceptors (Lipinski definition) is 3. The molecular formula is C19H18N2O2. The zero-order valence-electron chi connectivity index (χ0n) is 12.8. The van der Waals surface area contributed by atoms with Crippen LogP contribution in [0.2, 0.25) is 0 Å². The highest BCUT2D eigenvalue weighted by Gasteiger charge is 2.27. The van der Waals surface area contributed by atoms with Gasteiger partial charge in [-0.25, -0.2) is 0 Å². The lowest BCUT2D eigenvalue weighted by Crippen LogP contribution is -2.42. The number of benzene rings is 2. The van der Waals surface area contributed by atoms with Crippen LogP contribution in [0.4, 0.5) is 0 Å². The number of nitriles is 1. The molecule has 1 N–H and O–H groups in total. The Bertz CT molecular complexity index is 750. The van der Waals surface area contributed by atoms with Crippen molar-refractivity contribution < 1.29 is 9.90 Å². The summed E-state index contributed by atoms with van der Waals surface area (Å²) in [5, 5.41) is 19.2.